The molecule has 0 saturated heterocycles. The molecule has 3 aromatic heterocycles. The molecule has 7 aromatic rings. The summed E-state index contributed by atoms with van der Waals surface area (Å²) >= 11 is -0.294. The predicted molar refractivity (Wildman–Crippen MR) is 232 cm³/mol. The molecule has 5 heterocycles. The summed E-state index contributed by atoms with van der Waals surface area (Å²) in [5, 5.41) is 18.4. The Labute approximate surface area is 345 Å². The van der Waals surface area contributed by atoms with Crippen LogP contribution in [0.2, 0.25) is 0 Å². The van der Waals surface area contributed by atoms with Crippen molar-refractivity contribution < 1.29 is 29.3 Å². The molecule has 0 fully saturated rings. The molecule has 2 aliphatic rings. The van der Waals surface area contributed by atoms with Crippen LogP contribution in [0.1, 0.15) is 22.8 Å². The van der Waals surface area contributed by atoms with Crippen LogP contribution < -0.4 is 9.47 Å². The molecule has 2 N–H and O–H groups in total. The van der Waals surface area contributed by atoms with Gasteiger partial charge >= 0.3 is 347 Å². The molecule has 0 unspecified atom stereocenters. The topological polar surface area (TPSA) is 119 Å². The number of ether oxygens (including phenoxy) is 2. The van der Waals surface area contributed by atoms with Gasteiger partial charge in [-0.15, -0.1) is 0 Å². The molecule has 0 atom stereocenters. The maximum absolute atomic E-state index is 11.2. The van der Waals surface area contributed by atoms with E-state index in [-0.39, 0.29) is 29.0 Å². The first-order valence-corrected chi connectivity index (χ1v) is 21.8. The van der Waals surface area contributed by atoms with Gasteiger partial charge in [0.1, 0.15) is 0 Å². The number of fused-ring (bicyclic) bond motifs is 8. The molecule has 9 rings (SSSR count). The summed E-state index contributed by atoms with van der Waals surface area (Å²) in [6, 6.07) is 44.7. The first kappa shape index (κ1) is 37.1. The van der Waals surface area contributed by atoms with Crippen LogP contribution in [0.5, 0.6) is 11.5 Å². The van der Waals surface area contributed by atoms with E-state index in [1.807, 2.05) is 36.4 Å². The van der Waals surface area contributed by atoms with Crippen molar-refractivity contribution >= 4 is 82.3 Å². The zero-order valence-electron chi connectivity index (χ0n) is 30.7. The molecule has 58 heavy (non-hydrogen) atoms. The fourth-order valence-electron chi connectivity index (χ4n) is 7.10. The fraction of sp³-hybridized carbons (Fsp3) is 0.0417. The molecule has 8 nitrogen and oxygen atoms in total. The Kier molecular flexibility index (Phi) is 10.3. The number of rotatable bonds is 10. The Morgan fingerprint density at radius 1 is 0.414 bits per heavy atom. The van der Waals surface area contributed by atoms with Gasteiger partial charge in [0.15, 0.2) is 0 Å². The second-order valence-electron chi connectivity index (χ2n) is 13.4. The molecule has 10 heteroatoms. The van der Waals surface area contributed by atoms with E-state index in [1.165, 1.54) is 8.52 Å². The summed E-state index contributed by atoms with van der Waals surface area (Å²) in [4.78, 5) is 33.2. The van der Waals surface area contributed by atoms with Crippen molar-refractivity contribution in [3.63, 3.8) is 0 Å². The summed E-state index contributed by atoms with van der Waals surface area (Å²) in [5.74, 6) is -1.14. The van der Waals surface area contributed by atoms with Gasteiger partial charge in [-0.3, -0.25) is 0 Å². The molecule has 0 spiro atoms. The fourth-order valence-corrected chi connectivity index (χ4v) is 12.0. The average molecular weight is 891 g/mol. The van der Waals surface area contributed by atoms with E-state index in [4.69, 9.17) is 19.4 Å². The number of aromatic nitrogens is 2. The summed E-state index contributed by atoms with van der Waals surface area (Å²) in [6.45, 7) is -0.852. The molecule has 282 valence electrons. The molecule has 0 aliphatic carbocycles. The van der Waals surface area contributed by atoms with Crippen LogP contribution >= 0.6 is 0 Å². The van der Waals surface area contributed by atoms with Gasteiger partial charge in [0.05, 0.1) is 0 Å². The van der Waals surface area contributed by atoms with Crippen molar-refractivity contribution in [1.29, 1.82) is 0 Å². The Morgan fingerprint density at radius 3 is 1.00 bits per heavy atom. The van der Waals surface area contributed by atoms with Crippen LogP contribution in [0, 0.1) is 0 Å². The third kappa shape index (κ3) is 7.62. The van der Waals surface area contributed by atoms with E-state index in [0.29, 0.717) is 11.5 Å². The first-order valence-electron chi connectivity index (χ1n) is 18.4. The zero-order valence-corrected chi connectivity index (χ0v) is 34.1. The maximum atomic E-state index is 11.2. The van der Waals surface area contributed by atoms with Crippen LogP contribution in [-0.4, -0.2) is 74.3 Å². The zero-order chi connectivity index (χ0) is 39.6. The van der Waals surface area contributed by atoms with Crippen LogP contribution in [0.3, 0.4) is 0 Å². The van der Waals surface area contributed by atoms with E-state index in [0.717, 1.165) is 75.8 Å². The van der Waals surface area contributed by atoms with Crippen molar-refractivity contribution in [2.24, 2.45) is 0 Å². The number of hydrogen-bond donors (Lipinski definition) is 2. The van der Waals surface area contributed by atoms with E-state index in [9.17, 15) is 19.8 Å². The minimum absolute atomic E-state index is 0.0878. The van der Waals surface area contributed by atoms with Crippen molar-refractivity contribution in [2.45, 2.75) is 0 Å². The minimum atomic E-state index is -1.04. The van der Waals surface area contributed by atoms with Gasteiger partial charge in [-0.05, 0) is 0 Å². The number of aliphatic carboxylic acids is 2. The van der Waals surface area contributed by atoms with Crippen molar-refractivity contribution in [1.82, 2.24) is 9.97 Å². The van der Waals surface area contributed by atoms with Crippen LogP contribution in [0.15, 0.2) is 133 Å². The molecule has 2 aliphatic heterocycles. The van der Waals surface area contributed by atoms with E-state index in [2.05, 4.69) is 97.1 Å². The van der Waals surface area contributed by atoms with Crippen LogP contribution in [0.4, 0.5) is 0 Å². The number of carboxylic acid groups (broad SMARTS) is 2. The third-order valence-electron chi connectivity index (χ3n) is 9.64. The number of carboxylic acids is 2. The monoisotopic (exact) mass is 892 g/mol. The third-order valence-corrected chi connectivity index (χ3v) is 14.3. The van der Waals surface area contributed by atoms with E-state index >= 15 is 0 Å². The van der Waals surface area contributed by atoms with Gasteiger partial charge in [0, 0.05) is 0 Å². The quantitative estimate of drug-likeness (QED) is 0.130. The first-order chi connectivity index (χ1) is 28.4. The number of hydrogen-bond acceptors (Lipinski definition) is 6. The molecule has 8 bridgehead atoms. The SMILES string of the molecule is O=C(O)COc1ccc(-c2c3nc(c(-c4ccccc4)c4ccc([se]4)c(-c4ccccc4)c4nc(c(-c5ccc(OCC(=O)O)cc5)c5ccc2[se]5)C=C4)C=C3)cc1. The van der Waals surface area contributed by atoms with Crippen molar-refractivity contribution in [3.05, 3.63) is 156 Å². The molecular formula is C48H32N2O6Se2. The van der Waals surface area contributed by atoms with Gasteiger partial charge in [0.2, 0.25) is 0 Å². The van der Waals surface area contributed by atoms with Gasteiger partial charge in [-0.2, -0.15) is 0 Å². The Bertz CT molecular complexity index is 2740. The number of carbonyl (C=O) groups is 2. The van der Waals surface area contributed by atoms with Crippen LogP contribution in [-0.2, 0) is 9.59 Å². The Hall–Kier alpha value is -6.54. The van der Waals surface area contributed by atoms with Crippen LogP contribution in [0.25, 0.3) is 85.9 Å². The van der Waals surface area contributed by atoms with Gasteiger partial charge in [-0.25, -0.2) is 0 Å². The number of benzene rings is 4. The molecule has 4 aromatic carbocycles. The normalized spacial score (nSPS) is 11.7. The molecule has 0 saturated carbocycles. The second kappa shape index (κ2) is 16.1. The average Bonchev–Trinajstić information content (AvgIpc) is 4.09. The standard InChI is InChI=1S/C48H32N2O6Se2/c51-43(52)27-55-33-15-11-31(12-16-33)47-37-21-19-35(49-37)45(29-7-3-1-4-8-29)39-23-24-40(57-39)46(30-9-5-2-6-10-30)36-20-22-38(50-36)48(42-26-25-41(47)58-42)32-13-17-34(18-14-32)56-28-44(53)54/h1-26H,27-28H2,(H,51,52)(H,53,54). The van der Waals surface area contributed by atoms with Gasteiger partial charge in [0.25, 0.3) is 0 Å². The Morgan fingerprint density at radius 2 is 0.707 bits per heavy atom. The summed E-state index contributed by atoms with van der Waals surface area (Å²) in [7, 11) is 0. The summed E-state index contributed by atoms with van der Waals surface area (Å²) in [6.07, 6.45) is 8.42. The second-order valence-corrected chi connectivity index (χ2v) is 18.0. The molecule has 0 radical (unpaired) electrons. The van der Waals surface area contributed by atoms with Crippen molar-refractivity contribution in [3.8, 4) is 56.0 Å². The van der Waals surface area contributed by atoms with Gasteiger partial charge < -0.3 is 0 Å². The number of nitrogens with zero attached hydrogens (tertiary/aromatic N) is 2. The predicted octanol–water partition coefficient (Wildman–Crippen LogP) is 9.71. The van der Waals surface area contributed by atoms with Crippen molar-refractivity contribution in [2.75, 3.05) is 13.2 Å². The van der Waals surface area contributed by atoms with Gasteiger partial charge in [-0.1, -0.05) is 0 Å². The summed E-state index contributed by atoms with van der Waals surface area (Å²) in [5.41, 5.74) is 11.7. The Balaban J connectivity index is 1.37. The molecule has 0 amide bonds. The van der Waals surface area contributed by atoms with E-state index < -0.39 is 25.2 Å². The van der Waals surface area contributed by atoms with E-state index in [1.54, 1.807) is 24.3 Å². The molecular weight excluding hydrogens is 858 g/mol. The summed E-state index contributed by atoms with van der Waals surface area (Å²) < 4.78 is 15.7.